The van der Waals surface area contributed by atoms with Gasteiger partial charge in [0, 0.05) is 28.8 Å². The number of fused-ring (bicyclic) bond motifs is 1. The molecule has 0 aromatic heterocycles. The maximum Gasteiger partial charge on any atom is 0.329 e. The Morgan fingerprint density at radius 2 is 2.00 bits per heavy atom. The van der Waals surface area contributed by atoms with Crippen LogP contribution in [0.5, 0.6) is 5.75 Å². The molecule has 31 heavy (non-hydrogen) atoms. The molecule has 164 valence electrons. The van der Waals surface area contributed by atoms with E-state index in [4.69, 9.17) is 14.2 Å². The van der Waals surface area contributed by atoms with Gasteiger partial charge in [0.2, 0.25) is 0 Å². The second kappa shape index (κ2) is 9.57. The number of hydrogen-bond acceptors (Lipinski definition) is 7. The molecular weight excluding hydrogens is 404 g/mol. The summed E-state index contributed by atoms with van der Waals surface area (Å²) in [4.78, 5) is 36.1. The summed E-state index contributed by atoms with van der Waals surface area (Å²) in [6, 6.07) is 8.88. The third-order valence-electron chi connectivity index (χ3n) is 4.95. The third-order valence-corrected chi connectivity index (χ3v) is 4.95. The lowest BCUT2D eigenvalue weighted by Crippen LogP contribution is -2.45. The van der Waals surface area contributed by atoms with Crippen molar-refractivity contribution in [1.29, 1.82) is 0 Å². The van der Waals surface area contributed by atoms with Gasteiger partial charge in [0.25, 0.3) is 11.6 Å². The van der Waals surface area contributed by atoms with E-state index in [-0.39, 0.29) is 37.5 Å². The molecule has 2 aromatic carbocycles. The molecule has 0 saturated heterocycles. The van der Waals surface area contributed by atoms with Crippen LogP contribution in [-0.4, -0.2) is 29.6 Å². The number of non-ortho nitro benzene ring substituents is 1. The van der Waals surface area contributed by atoms with E-state index in [0.29, 0.717) is 22.4 Å². The van der Waals surface area contributed by atoms with E-state index in [1.165, 1.54) is 12.1 Å². The lowest BCUT2D eigenvalue weighted by molar-refractivity contribution is -0.385. The Balaban J connectivity index is 1.75. The lowest BCUT2D eigenvalue weighted by atomic mass is 10.0. The second-order valence-corrected chi connectivity index (χ2v) is 7.58. The molecule has 0 unspecified atom stereocenters. The van der Waals surface area contributed by atoms with Gasteiger partial charge in [-0.15, -0.1) is 0 Å². The molecular formula is C22H24N2O7. The molecule has 1 heterocycles. The molecule has 1 N–H and O–H groups in total. The van der Waals surface area contributed by atoms with Gasteiger partial charge in [-0.1, -0.05) is 32.0 Å². The fourth-order valence-corrected chi connectivity index (χ4v) is 3.28. The van der Waals surface area contributed by atoms with Crippen LogP contribution in [0.2, 0.25) is 0 Å². The molecule has 1 aliphatic rings. The van der Waals surface area contributed by atoms with Gasteiger partial charge < -0.3 is 19.5 Å². The van der Waals surface area contributed by atoms with E-state index in [1.54, 1.807) is 26.0 Å². The van der Waals surface area contributed by atoms with Gasteiger partial charge in [0.15, 0.2) is 6.79 Å². The van der Waals surface area contributed by atoms with Gasteiger partial charge in [-0.3, -0.25) is 14.9 Å². The Kier molecular flexibility index (Phi) is 6.86. The highest BCUT2D eigenvalue weighted by atomic mass is 16.7. The minimum absolute atomic E-state index is 0.00681. The fraction of sp³-hybridized carbons (Fsp3) is 0.364. The molecule has 1 atom stereocenters. The van der Waals surface area contributed by atoms with Crippen molar-refractivity contribution in [2.75, 3.05) is 6.79 Å². The first-order valence-electron chi connectivity index (χ1n) is 9.81. The summed E-state index contributed by atoms with van der Waals surface area (Å²) >= 11 is 0. The van der Waals surface area contributed by atoms with Gasteiger partial charge in [-0.25, -0.2) is 4.79 Å². The molecule has 9 nitrogen and oxygen atoms in total. The standard InChI is InChI=1S/C22H24N2O7/c1-13(2)19(23-21(25)18-7-5-4-6-14(18)3)22(26)30-11-16-9-17(24(27)28)8-15-10-29-12-31-20(15)16/h4-9,13,19H,10-12H2,1-3H3,(H,23,25)/t19-/m0/s1. The normalized spacial score (nSPS) is 13.7. The maximum atomic E-state index is 12.8. The van der Waals surface area contributed by atoms with Crippen molar-refractivity contribution < 1.29 is 28.7 Å². The van der Waals surface area contributed by atoms with Gasteiger partial charge in [0.05, 0.1) is 11.5 Å². The molecule has 2 aromatic rings. The van der Waals surface area contributed by atoms with Crippen LogP contribution in [0.3, 0.4) is 0 Å². The van der Waals surface area contributed by atoms with Crippen LogP contribution in [0.15, 0.2) is 36.4 Å². The molecule has 0 aliphatic carbocycles. The second-order valence-electron chi connectivity index (χ2n) is 7.58. The Bertz CT molecular complexity index is 1000. The number of nitrogens with one attached hydrogen (secondary N) is 1. The topological polar surface area (TPSA) is 117 Å². The van der Waals surface area contributed by atoms with E-state index in [2.05, 4.69) is 5.32 Å². The first-order chi connectivity index (χ1) is 14.8. The average molecular weight is 428 g/mol. The van der Waals surface area contributed by atoms with E-state index in [0.717, 1.165) is 5.56 Å². The summed E-state index contributed by atoms with van der Waals surface area (Å²) in [5.41, 5.74) is 2.00. The fourth-order valence-electron chi connectivity index (χ4n) is 3.28. The number of carbonyl (C=O) groups is 2. The summed E-state index contributed by atoms with van der Waals surface area (Å²) in [7, 11) is 0. The van der Waals surface area contributed by atoms with Crippen molar-refractivity contribution in [2.45, 2.75) is 40.0 Å². The molecule has 3 rings (SSSR count). The van der Waals surface area contributed by atoms with Crippen molar-refractivity contribution in [3.05, 3.63) is 68.8 Å². The van der Waals surface area contributed by atoms with E-state index >= 15 is 0 Å². The van der Waals surface area contributed by atoms with Crippen molar-refractivity contribution >= 4 is 17.6 Å². The van der Waals surface area contributed by atoms with Crippen molar-refractivity contribution in [2.24, 2.45) is 5.92 Å². The van der Waals surface area contributed by atoms with Crippen LogP contribution < -0.4 is 10.1 Å². The Labute approximate surface area is 179 Å². The number of ether oxygens (including phenoxy) is 3. The van der Waals surface area contributed by atoms with Crippen LogP contribution in [0.1, 0.15) is 40.9 Å². The molecule has 0 radical (unpaired) electrons. The number of nitrogens with zero attached hydrogens (tertiary/aromatic N) is 1. The number of nitro benzene ring substituents is 1. The number of carbonyl (C=O) groups excluding carboxylic acids is 2. The predicted molar refractivity (Wildman–Crippen MR) is 110 cm³/mol. The first-order valence-corrected chi connectivity index (χ1v) is 9.81. The first kappa shape index (κ1) is 22.2. The molecule has 0 bridgehead atoms. The van der Waals surface area contributed by atoms with E-state index in [1.807, 2.05) is 19.1 Å². The summed E-state index contributed by atoms with van der Waals surface area (Å²) in [6.07, 6.45) is 0. The van der Waals surface area contributed by atoms with Crippen molar-refractivity contribution in [3.63, 3.8) is 0 Å². The zero-order valence-electron chi connectivity index (χ0n) is 17.5. The smallest absolute Gasteiger partial charge is 0.329 e. The number of esters is 1. The third kappa shape index (κ3) is 5.18. The molecule has 0 saturated carbocycles. The summed E-state index contributed by atoms with van der Waals surface area (Å²) in [5, 5.41) is 14.0. The highest BCUT2D eigenvalue weighted by Crippen LogP contribution is 2.33. The Morgan fingerprint density at radius 1 is 1.26 bits per heavy atom. The summed E-state index contributed by atoms with van der Waals surface area (Å²) < 4.78 is 16.1. The molecule has 9 heteroatoms. The highest BCUT2D eigenvalue weighted by molar-refractivity contribution is 5.98. The number of hydrogen-bond donors (Lipinski definition) is 1. The number of aryl methyl sites for hydroxylation is 1. The predicted octanol–water partition coefficient (Wildman–Crippen LogP) is 3.27. The molecule has 0 fully saturated rings. The minimum Gasteiger partial charge on any atom is -0.467 e. The number of amides is 1. The van der Waals surface area contributed by atoms with Crippen LogP contribution in [0, 0.1) is 23.0 Å². The number of rotatable bonds is 7. The Morgan fingerprint density at radius 3 is 2.68 bits per heavy atom. The van der Waals surface area contributed by atoms with Crippen LogP contribution in [0.25, 0.3) is 0 Å². The Hall–Kier alpha value is -3.46. The van der Waals surface area contributed by atoms with Gasteiger partial charge in [-0.2, -0.15) is 0 Å². The largest absolute Gasteiger partial charge is 0.467 e. The molecule has 1 amide bonds. The zero-order chi connectivity index (χ0) is 22.5. The average Bonchev–Trinajstić information content (AvgIpc) is 2.75. The van der Waals surface area contributed by atoms with E-state index < -0.39 is 16.9 Å². The SMILES string of the molecule is Cc1ccccc1C(=O)N[C@H](C(=O)OCc1cc([N+](=O)[O-])cc2c1OCOC2)C(C)C. The number of benzene rings is 2. The quantitative estimate of drug-likeness (QED) is 0.409. The zero-order valence-corrected chi connectivity index (χ0v) is 17.5. The van der Waals surface area contributed by atoms with Crippen LogP contribution >= 0.6 is 0 Å². The van der Waals surface area contributed by atoms with Gasteiger partial charge >= 0.3 is 5.97 Å². The summed E-state index contributed by atoms with van der Waals surface area (Å²) in [5.74, 6) is -0.829. The van der Waals surface area contributed by atoms with Crippen molar-refractivity contribution in [3.8, 4) is 5.75 Å². The van der Waals surface area contributed by atoms with Crippen molar-refractivity contribution in [1.82, 2.24) is 5.32 Å². The van der Waals surface area contributed by atoms with Gasteiger partial charge in [-0.05, 0) is 24.5 Å². The van der Waals surface area contributed by atoms with Gasteiger partial charge in [0.1, 0.15) is 18.4 Å². The maximum absolute atomic E-state index is 12.8. The molecule has 0 spiro atoms. The molecule has 1 aliphatic heterocycles. The summed E-state index contributed by atoms with van der Waals surface area (Å²) in [6.45, 7) is 5.34. The lowest BCUT2D eigenvalue weighted by Gasteiger charge is -2.23. The van der Waals surface area contributed by atoms with E-state index in [9.17, 15) is 19.7 Å². The van der Waals surface area contributed by atoms with Crippen LogP contribution in [0.4, 0.5) is 5.69 Å². The van der Waals surface area contributed by atoms with Crippen LogP contribution in [-0.2, 0) is 27.5 Å². The monoisotopic (exact) mass is 428 g/mol. The number of nitro groups is 1. The highest BCUT2D eigenvalue weighted by Gasteiger charge is 2.28. The minimum atomic E-state index is -0.883.